The molecule has 0 unspecified atom stereocenters. The lowest BCUT2D eigenvalue weighted by Gasteiger charge is -2.17. The molecule has 1 aromatic heterocycles. The summed E-state index contributed by atoms with van der Waals surface area (Å²) in [6.45, 7) is 7.57. The Morgan fingerprint density at radius 1 is 1.41 bits per heavy atom. The Labute approximate surface area is 114 Å². The smallest absolute Gasteiger partial charge is 0.0876 e. The molecule has 0 aromatic carbocycles. The van der Waals surface area contributed by atoms with Gasteiger partial charge in [-0.25, -0.2) is 0 Å². The van der Waals surface area contributed by atoms with Crippen molar-refractivity contribution < 1.29 is 5.21 Å². The quantitative estimate of drug-likeness (QED) is 0.470. The maximum absolute atomic E-state index is 8.96. The fourth-order valence-corrected chi connectivity index (χ4v) is 2.36. The first-order chi connectivity index (χ1) is 7.81. The van der Waals surface area contributed by atoms with Gasteiger partial charge in [-0.2, -0.15) is 11.3 Å². The van der Waals surface area contributed by atoms with E-state index in [4.69, 9.17) is 5.21 Å². The van der Waals surface area contributed by atoms with Crippen LogP contribution in [-0.2, 0) is 0 Å². The van der Waals surface area contributed by atoms with Gasteiger partial charge < -0.3 is 10.1 Å². The van der Waals surface area contributed by atoms with Crippen LogP contribution >= 0.6 is 23.7 Å². The predicted molar refractivity (Wildman–Crippen MR) is 76.9 cm³/mol. The molecule has 0 fully saturated rings. The summed E-state index contributed by atoms with van der Waals surface area (Å²) >= 11 is 1.63. The fraction of sp³-hybridized carbons (Fsp3) is 0.583. The summed E-state index contributed by atoms with van der Waals surface area (Å²) in [5, 5.41) is 16.4. The third kappa shape index (κ3) is 5.52. The molecule has 0 saturated carbocycles. The highest BCUT2D eigenvalue weighted by Gasteiger charge is 2.06. The van der Waals surface area contributed by atoms with Crippen molar-refractivity contribution in [3.8, 4) is 0 Å². The monoisotopic (exact) mass is 276 g/mol. The molecule has 0 radical (unpaired) electrons. The van der Waals surface area contributed by atoms with Crippen molar-refractivity contribution >= 4 is 29.5 Å². The summed E-state index contributed by atoms with van der Waals surface area (Å²) < 4.78 is 0. The van der Waals surface area contributed by atoms with Gasteiger partial charge in [-0.15, -0.1) is 12.4 Å². The predicted octanol–water partition coefficient (Wildman–Crippen LogP) is 3.47. The number of thiophene rings is 1. The number of nitrogens with zero attached hydrogens (tertiary/aromatic N) is 2. The van der Waals surface area contributed by atoms with E-state index in [2.05, 4.69) is 23.9 Å². The zero-order valence-electron chi connectivity index (χ0n) is 10.4. The molecule has 1 N–H and O–H groups in total. The minimum Gasteiger partial charge on any atom is -0.411 e. The first-order valence-electron chi connectivity index (χ1n) is 5.77. The maximum Gasteiger partial charge on any atom is 0.0876 e. The van der Waals surface area contributed by atoms with E-state index in [1.54, 1.807) is 11.3 Å². The molecule has 0 saturated heterocycles. The molecule has 0 atom stereocenters. The molecule has 0 aliphatic carbocycles. The Hall–Kier alpha value is -0.580. The molecular formula is C12H21ClN2OS. The fourth-order valence-electron chi connectivity index (χ4n) is 1.69. The Morgan fingerprint density at radius 3 is 2.59 bits per heavy atom. The highest BCUT2D eigenvalue weighted by molar-refractivity contribution is 7.08. The summed E-state index contributed by atoms with van der Waals surface area (Å²) in [5.41, 5.74) is 1.85. The van der Waals surface area contributed by atoms with E-state index in [1.807, 2.05) is 16.8 Å². The maximum atomic E-state index is 8.96. The second-order valence-electron chi connectivity index (χ2n) is 3.69. The minimum atomic E-state index is 0. The standard InChI is InChI=1S/C12H20N2OS.ClH/c1-3-14(4-2)8-5-6-12(13-15)11-7-9-16-10-11;/h7,9-10,15H,3-6,8H2,1-2H3;1H/b13-12-;. The van der Waals surface area contributed by atoms with Crippen molar-refractivity contribution in [2.45, 2.75) is 26.7 Å². The number of oxime groups is 1. The second-order valence-corrected chi connectivity index (χ2v) is 4.47. The highest BCUT2D eigenvalue weighted by atomic mass is 35.5. The lowest BCUT2D eigenvalue weighted by molar-refractivity contribution is 0.298. The molecule has 1 aromatic rings. The summed E-state index contributed by atoms with van der Waals surface area (Å²) in [6, 6.07) is 2.00. The molecule has 0 aliphatic rings. The molecule has 17 heavy (non-hydrogen) atoms. The number of hydrogen-bond acceptors (Lipinski definition) is 4. The Bertz CT molecular complexity index is 310. The third-order valence-corrected chi connectivity index (χ3v) is 3.44. The van der Waals surface area contributed by atoms with Crippen molar-refractivity contribution in [2.24, 2.45) is 5.16 Å². The molecule has 98 valence electrons. The molecule has 3 nitrogen and oxygen atoms in total. The van der Waals surface area contributed by atoms with Gasteiger partial charge in [-0.3, -0.25) is 0 Å². The van der Waals surface area contributed by atoms with Crippen LogP contribution in [0.1, 0.15) is 32.3 Å². The Kier molecular flexibility index (Phi) is 9.13. The summed E-state index contributed by atoms with van der Waals surface area (Å²) in [4.78, 5) is 2.38. The summed E-state index contributed by atoms with van der Waals surface area (Å²) in [5.74, 6) is 0. The first kappa shape index (κ1) is 16.4. The van der Waals surface area contributed by atoms with Crippen LogP contribution in [0.4, 0.5) is 0 Å². The summed E-state index contributed by atoms with van der Waals surface area (Å²) in [7, 11) is 0. The molecule has 0 spiro atoms. The van der Waals surface area contributed by atoms with Crippen LogP contribution in [-0.4, -0.2) is 35.5 Å². The van der Waals surface area contributed by atoms with Crippen molar-refractivity contribution in [1.29, 1.82) is 0 Å². The van der Waals surface area contributed by atoms with Crippen LogP contribution in [0.15, 0.2) is 22.0 Å². The molecule has 0 amide bonds. The lowest BCUT2D eigenvalue weighted by atomic mass is 10.1. The number of halogens is 1. The van der Waals surface area contributed by atoms with E-state index in [0.717, 1.165) is 43.8 Å². The van der Waals surface area contributed by atoms with E-state index in [0.29, 0.717) is 0 Å². The third-order valence-electron chi connectivity index (χ3n) is 2.76. The molecule has 1 rings (SSSR count). The van der Waals surface area contributed by atoms with Crippen LogP contribution in [0.3, 0.4) is 0 Å². The lowest BCUT2D eigenvalue weighted by Crippen LogP contribution is -2.24. The van der Waals surface area contributed by atoms with E-state index >= 15 is 0 Å². The summed E-state index contributed by atoms with van der Waals surface area (Å²) in [6.07, 6.45) is 1.88. The van der Waals surface area contributed by atoms with E-state index < -0.39 is 0 Å². The van der Waals surface area contributed by atoms with E-state index in [-0.39, 0.29) is 12.4 Å². The van der Waals surface area contributed by atoms with Crippen molar-refractivity contribution in [2.75, 3.05) is 19.6 Å². The van der Waals surface area contributed by atoms with Gasteiger partial charge >= 0.3 is 0 Å². The van der Waals surface area contributed by atoms with Gasteiger partial charge in [0.15, 0.2) is 0 Å². The van der Waals surface area contributed by atoms with Gasteiger partial charge in [0.2, 0.25) is 0 Å². The normalized spacial score (nSPS) is 11.6. The van der Waals surface area contributed by atoms with Crippen LogP contribution in [0.25, 0.3) is 0 Å². The Balaban J connectivity index is 0.00000256. The molecule has 1 heterocycles. The van der Waals surface area contributed by atoms with Gasteiger partial charge in [-0.05, 0) is 49.3 Å². The van der Waals surface area contributed by atoms with Crippen molar-refractivity contribution in [3.63, 3.8) is 0 Å². The molecular weight excluding hydrogens is 256 g/mol. The van der Waals surface area contributed by atoms with Gasteiger partial charge in [0.1, 0.15) is 0 Å². The van der Waals surface area contributed by atoms with Crippen molar-refractivity contribution in [1.82, 2.24) is 4.90 Å². The van der Waals surface area contributed by atoms with E-state index in [1.165, 1.54) is 0 Å². The second kappa shape index (κ2) is 9.45. The van der Waals surface area contributed by atoms with Crippen LogP contribution in [0.5, 0.6) is 0 Å². The minimum absolute atomic E-state index is 0. The average Bonchev–Trinajstić information content (AvgIpc) is 2.83. The molecule has 0 bridgehead atoms. The van der Waals surface area contributed by atoms with Gasteiger partial charge in [0.05, 0.1) is 5.71 Å². The van der Waals surface area contributed by atoms with Crippen LogP contribution < -0.4 is 0 Å². The zero-order chi connectivity index (χ0) is 11.8. The SMILES string of the molecule is CCN(CC)CCC/C(=N/O)c1ccsc1.Cl. The molecule has 5 heteroatoms. The average molecular weight is 277 g/mol. The Morgan fingerprint density at radius 2 is 2.12 bits per heavy atom. The van der Waals surface area contributed by atoms with Crippen molar-refractivity contribution in [3.05, 3.63) is 22.4 Å². The first-order valence-corrected chi connectivity index (χ1v) is 6.71. The number of hydrogen-bond donors (Lipinski definition) is 1. The largest absolute Gasteiger partial charge is 0.411 e. The number of rotatable bonds is 7. The van der Waals surface area contributed by atoms with Crippen LogP contribution in [0.2, 0.25) is 0 Å². The van der Waals surface area contributed by atoms with Crippen LogP contribution in [0, 0.1) is 0 Å². The zero-order valence-corrected chi connectivity index (χ0v) is 12.1. The van der Waals surface area contributed by atoms with E-state index in [9.17, 15) is 0 Å². The van der Waals surface area contributed by atoms with Gasteiger partial charge in [0.25, 0.3) is 0 Å². The van der Waals surface area contributed by atoms with Gasteiger partial charge in [-0.1, -0.05) is 19.0 Å². The topological polar surface area (TPSA) is 35.8 Å². The van der Waals surface area contributed by atoms with Gasteiger partial charge in [0, 0.05) is 5.56 Å². The molecule has 0 aliphatic heterocycles. The highest BCUT2D eigenvalue weighted by Crippen LogP contribution is 2.11.